The molecule has 4 rings (SSSR count). The third kappa shape index (κ3) is 4.60. The zero-order valence-corrected chi connectivity index (χ0v) is 17.7. The first-order valence-corrected chi connectivity index (χ1v) is 10.9. The molecule has 1 aliphatic carbocycles. The first-order chi connectivity index (χ1) is 14.6. The minimum atomic E-state index is -0.392. The van der Waals surface area contributed by atoms with E-state index >= 15 is 0 Å². The van der Waals surface area contributed by atoms with Crippen LogP contribution in [0.25, 0.3) is 10.6 Å². The van der Waals surface area contributed by atoms with Gasteiger partial charge in [-0.3, -0.25) is 9.59 Å². The number of methoxy groups -OCH3 is 1. The lowest BCUT2D eigenvalue weighted by atomic mass is 10.0. The van der Waals surface area contributed by atoms with Crippen molar-refractivity contribution in [1.82, 2.24) is 4.98 Å². The van der Waals surface area contributed by atoms with E-state index in [1.54, 1.807) is 7.11 Å². The molecule has 5 nitrogen and oxygen atoms in total. The summed E-state index contributed by atoms with van der Waals surface area (Å²) >= 11 is 1.47. The predicted octanol–water partition coefficient (Wildman–Crippen LogP) is 5.01. The number of carbonyl (C=O) groups excluding carboxylic acids is 2. The number of thiazole rings is 1. The Morgan fingerprint density at radius 1 is 1.07 bits per heavy atom. The number of hydrogen-bond donors (Lipinski definition) is 0. The van der Waals surface area contributed by atoms with E-state index in [9.17, 15) is 9.59 Å². The van der Waals surface area contributed by atoms with E-state index in [4.69, 9.17) is 9.47 Å². The number of aromatic nitrogens is 1. The van der Waals surface area contributed by atoms with Crippen LogP contribution < -0.4 is 4.74 Å². The number of rotatable bonds is 8. The van der Waals surface area contributed by atoms with Crippen molar-refractivity contribution in [1.29, 1.82) is 0 Å². The largest absolute Gasteiger partial charge is 0.496 e. The van der Waals surface area contributed by atoms with Crippen molar-refractivity contribution in [3.8, 4) is 16.3 Å². The second-order valence-corrected chi connectivity index (χ2v) is 8.12. The molecule has 0 fully saturated rings. The zero-order valence-electron chi connectivity index (χ0n) is 16.8. The quantitative estimate of drug-likeness (QED) is 0.378. The molecule has 1 aromatic heterocycles. The maximum Gasteiger partial charge on any atom is 0.306 e. The van der Waals surface area contributed by atoms with Crippen molar-refractivity contribution in [3.63, 3.8) is 0 Å². The number of para-hydroxylation sites is 1. The summed E-state index contributed by atoms with van der Waals surface area (Å²) in [5.74, 6) is 0.339. The Kier molecular flexibility index (Phi) is 6.23. The van der Waals surface area contributed by atoms with Gasteiger partial charge in [0.15, 0.2) is 5.78 Å². The van der Waals surface area contributed by atoms with E-state index in [2.05, 4.69) is 4.98 Å². The number of Topliss-reactive ketones (excluding diaryl/α,β-unsaturated/α-hetero) is 1. The van der Waals surface area contributed by atoms with Gasteiger partial charge in [-0.1, -0.05) is 24.3 Å². The van der Waals surface area contributed by atoms with E-state index in [0.717, 1.165) is 35.6 Å². The topological polar surface area (TPSA) is 65.5 Å². The summed E-state index contributed by atoms with van der Waals surface area (Å²) in [6.45, 7) is 0.0948. The molecule has 3 aromatic rings. The van der Waals surface area contributed by atoms with Crippen LogP contribution in [0, 0.1) is 0 Å². The van der Waals surface area contributed by atoms with E-state index in [1.807, 2.05) is 47.8 Å². The number of nitrogens with zero attached hydrogens (tertiary/aromatic N) is 1. The number of ether oxygens (including phenoxy) is 2. The number of esters is 1. The van der Waals surface area contributed by atoms with Crippen LogP contribution >= 0.6 is 11.3 Å². The van der Waals surface area contributed by atoms with E-state index < -0.39 is 5.97 Å². The van der Waals surface area contributed by atoms with Crippen molar-refractivity contribution < 1.29 is 19.1 Å². The smallest absolute Gasteiger partial charge is 0.306 e. The van der Waals surface area contributed by atoms with E-state index in [1.165, 1.54) is 22.5 Å². The molecule has 0 saturated carbocycles. The van der Waals surface area contributed by atoms with E-state index in [0.29, 0.717) is 11.3 Å². The first-order valence-electron chi connectivity index (χ1n) is 10.0. The van der Waals surface area contributed by atoms with Crippen LogP contribution in [0.4, 0.5) is 0 Å². The summed E-state index contributed by atoms with van der Waals surface area (Å²) < 4.78 is 10.7. The van der Waals surface area contributed by atoms with Crippen LogP contribution in [-0.4, -0.2) is 23.8 Å². The lowest BCUT2D eigenvalue weighted by Crippen LogP contribution is -2.08. The SMILES string of the molecule is COc1ccccc1-c1nc(COC(=O)CCC(=O)c2ccc3c(c2)CCC3)cs1. The molecule has 0 unspecified atom stereocenters. The molecule has 0 saturated heterocycles. The minimum Gasteiger partial charge on any atom is -0.496 e. The van der Waals surface area contributed by atoms with Crippen molar-refractivity contribution in [3.05, 3.63) is 70.2 Å². The molecule has 30 heavy (non-hydrogen) atoms. The normalized spacial score (nSPS) is 12.4. The molecule has 6 heteroatoms. The molecule has 0 amide bonds. The molecule has 1 heterocycles. The number of ketones is 1. The highest BCUT2D eigenvalue weighted by Gasteiger charge is 2.16. The van der Waals surface area contributed by atoms with E-state index in [-0.39, 0.29) is 25.2 Å². The third-order valence-electron chi connectivity index (χ3n) is 5.25. The molecule has 0 aliphatic heterocycles. The van der Waals surface area contributed by atoms with Crippen LogP contribution in [-0.2, 0) is 29.0 Å². The molecule has 0 radical (unpaired) electrons. The fourth-order valence-electron chi connectivity index (χ4n) is 3.65. The average Bonchev–Trinajstić information content (AvgIpc) is 3.44. The summed E-state index contributed by atoms with van der Waals surface area (Å²) in [7, 11) is 1.62. The lowest BCUT2D eigenvalue weighted by molar-refractivity contribution is -0.145. The summed E-state index contributed by atoms with van der Waals surface area (Å²) in [6, 6.07) is 13.5. The highest BCUT2D eigenvalue weighted by molar-refractivity contribution is 7.13. The van der Waals surface area contributed by atoms with Gasteiger partial charge >= 0.3 is 5.97 Å². The summed E-state index contributed by atoms with van der Waals surface area (Å²) in [5, 5.41) is 2.68. The van der Waals surface area contributed by atoms with Crippen molar-refractivity contribution in [2.45, 2.75) is 38.7 Å². The van der Waals surface area contributed by atoms with Crippen LogP contribution in [0.1, 0.15) is 46.4 Å². The van der Waals surface area contributed by atoms with Gasteiger partial charge in [-0.25, -0.2) is 4.98 Å². The average molecular weight is 422 g/mol. The van der Waals surface area contributed by atoms with Gasteiger partial charge in [0.25, 0.3) is 0 Å². The zero-order chi connectivity index (χ0) is 20.9. The van der Waals surface area contributed by atoms with Gasteiger partial charge in [-0.15, -0.1) is 11.3 Å². The van der Waals surface area contributed by atoms with Crippen molar-refractivity contribution in [2.24, 2.45) is 0 Å². The van der Waals surface area contributed by atoms with Crippen LogP contribution in [0.5, 0.6) is 5.75 Å². The number of fused-ring (bicyclic) bond motifs is 1. The molecule has 2 aromatic carbocycles. The van der Waals surface area contributed by atoms with Crippen LogP contribution in [0.2, 0.25) is 0 Å². The Labute approximate surface area is 179 Å². The van der Waals surface area contributed by atoms with Crippen LogP contribution in [0.15, 0.2) is 47.8 Å². The third-order valence-corrected chi connectivity index (χ3v) is 6.17. The van der Waals surface area contributed by atoms with Gasteiger partial charge in [0.05, 0.1) is 24.8 Å². The second kappa shape index (κ2) is 9.22. The monoisotopic (exact) mass is 421 g/mol. The maximum atomic E-state index is 12.4. The number of benzene rings is 2. The summed E-state index contributed by atoms with van der Waals surface area (Å²) in [5.41, 5.74) is 4.87. The molecule has 154 valence electrons. The molecule has 1 aliphatic rings. The molecule has 0 bridgehead atoms. The van der Waals surface area contributed by atoms with Crippen LogP contribution in [0.3, 0.4) is 0 Å². The minimum absolute atomic E-state index is 0.0197. The lowest BCUT2D eigenvalue weighted by Gasteiger charge is -2.06. The van der Waals surface area contributed by atoms with Crippen molar-refractivity contribution in [2.75, 3.05) is 7.11 Å². The standard InChI is InChI=1S/C24H23NO4S/c1-28-22-8-3-2-7-20(22)24-25-19(15-30-24)14-29-23(27)12-11-21(26)18-10-9-16-5-4-6-17(16)13-18/h2-3,7-10,13,15H,4-6,11-12,14H2,1H3. The van der Waals surface area contributed by atoms with Gasteiger partial charge in [-0.05, 0) is 48.6 Å². The second-order valence-electron chi connectivity index (χ2n) is 7.27. The Morgan fingerprint density at radius 3 is 2.77 bits per heavy atom. The molecular weight excluding hydrogens is 398 g/mol. The number of aryl methyl sites for hydroxylation is 2. The Bertz CT molecular complexity index is 1070. The highest BCUT2D eigenvalue weighted by Crippen LogP contribution is 2.32. The number of carbonyl (C=O) groups is 2. The van der Waals surface area contributed by atoms with Gasteiger partial charge in [0, 0.05) is 17.4 Å². The summed E-state index contributed by atoms with van der Waals surface area (Å²) in [4.78, 5) is 29.0. The van der Waals surface area contributed by atoms with Crippen molar-refractivity contribution >= 4 is 23.1 Å². The molecular formula is C24H23NO4S. The molecule has 0 N–H and O–H groups in total. The first kappa shape index (κ1) is 20.3. The number of hydrogen-bond acceptors (Lipinski definition) is 6. The Balaban J connectivity index is 1.28. The molecule has 0 atom stereocenters. The predicted molar refractivity (Wildman–Crippen MR) is 116 cm³/mol. The van der Waals surface area contributed by atoms with Gasteiger partial charge < -0.3 is 9.47 Å². The fraction of sp³-hybridized carbons (Fsp3) is 0.292. The van der Waals surface area contributed by atoms with Gasteiger partial charge in [-0.2, -0.15) is 0 Å². The van der Waals surface area contributed by atoms with Gasteiger partial charge in [0.2, 0.25) is 0 Å². The maximum absolute atomic E-state index is 12.4. The Morgan fingerprint density at radius 2 is 1.90 bits per heavy atom. The Hall–Kier alpha value is -2.99. The summed E-state index contributed by atoms with van der Waals surface area (Å²) in [6.07, 6.45) is 3.49. The highest BCUT2D eigenvalue weighted by atomic mass is 32.1. The fourth-order valence-corrected chi connectivity index (χ4v) is 4.48. The molecule has 0 spiro atoms. The van der Waals surface area contributed by atoms with Gasteiger partial charge in [0.1, 0.15) is 17.4 Å².